The number of hydrogen-bond donors (Lipinski definition) is 2. The van der Waals surface area contributed by atoms with E-state index < -0.39 is 10.0 Å². The second-order valence-electron chi connectivity index (χ2n) is 4.16. The predicted octanol–water partition coefficient (Wildman–Crippen LogP) is 1.35. The maximum absolute atomic E-state index is 11.9. The Kier molecular flexibility index (Phi) is 6.27. The normalized spacial score (nSPS) is 11.8. The Balaban J connectivity index is 2.74. The Labute approximate surface area is 116 Å². The predicted molar refractivity (Wildman–Crippen MR) is 79.0 cm³/mol. The zero-order valence-corrected chi connectivity index (χ0v) is 12.6. The maximum Gasteiger partial charge on any atom is 0.242 e. The number of anilines is 1. The van der Waals surface area contributed by atoms with Crippen molar-refractivity contribution in [3.8, 4) is 0 Å². The highest BCUT2D eigenvalue weighted by molar-refractivity contribution is 7.89. The summed E-state index contributed by atoms with van der Waals surface area (Å²) in [6, 6.07) is 6.94. The van der Waals surface area contributed by atoms with Gasteiger partial charge < -0.3 is 10.2 Å². The van der Waals surface area contributed by atoms with Gasteiger partial charge in [0.2, 0.25) is 10.0 Å². The number of rotatable bonds is 8. The number of likely N-dealkylation sites (N-methyl/N-ethyl adjacent to an activating group) is 1. The summed E-state index contributed by atoms with van der Waals surface area (Å²) < 4.78 is 26.1. The molecular formula is C13H23N3O2S. The van der Waals surface area contributed by atoms with E-state index in [9.17, 15) is 8.42 Å². The van der Waals surface area contributed by atoms with Crippen LogP contribution in [0.25, 0.3) is 0 Å². The highest BCUT2D eigenvalue weighted by atomic mass is 32.2. The summed E-state index contributed by atoms with van der Waals surface area (Å²) in [4.78, 5) is 2.57. The molecule has 0 unspecified atom stereocenters. The summed E-state index contributed by atoms with van der Waals surface area (Å²) in [7, 11) is -2.00. The van der Waals surface area contributed by atoms with Crippen LogP contribution in [0, 0.1) is 0 Å². The quantitative estimate of drug-likeness (QED) is 0.757. The van der Waals surface area contributed by atoms with Crippen molar-refractivity contribution in [3.05, 3.63) is 24.3 Å². The van der Waals surface area contributed by atoms with Crippen LogP contribution in [0.1, 0.15) is 13.8 Å². The molecule has 0 aliphatic carbocycles. The van der Waals surface area contributed by atoms with E-state index in [0.717, 1.165) is 26.2 Å². The van der Waals surface area contributed by atoms with Gasteiger partial charge in [-0.05, 0) is 32.3 Å². The molecule has 19 heavy (non-hydrogen) atoms. The van der Waals surface area contributed by atoms with Gasteiger partial charge in [-0.15, -0.1) is 0 Å². The third kappa shape index (κ3) is 4.49. The maximum atomic E-state index is 11.9. The first-order chi connectivity index (χ1) is 9.05. The molecule has 0 aliphatic heterocycles. The minimum atomic E-state index is -3.42. The summed E-state index contributed by atoms with van der Waals surface area (Å²) in [5, 5.41) is 3.19. The fraction of sp³-hybridized carbons (Fsp3) is 0.538. The lowest BCUT2D eigenvalue weighted by Crippen LogP contribution is -2.29. The number of nitrogens with one attached hydrogen (secondary N) is 2. The van der Waals surface area contributed by atoms with Crippen LogP contribution in [-0.4, -0.2) is 46.5 Å². The highest BCUT2D eigenvalue weighted by Gasteiger charge is 2.15. The standard InChI is InChI=1S/C13H23N3O2S/c1-4-16(5-2)11-10-15-12-8-6-7-9-13(12)19(17,18)14-3/h6-9,14-15H,4-5,10-11H2,1-3H3. The summed E-state index contributed by atoms with van der Waals surface area (Å²) >= 11 is 0. The second-order valence-corrected chi connectivity index (χ2v) is 6.01. The molecule has 0 amide bonds. The molecule has 0 fully saturated rings. The third-order valence-electron chi connectivity index (χ3n) is 3.08. The first kappa shape index (κ1) is 15.9. The number of hydrogen-bond acceptors (Lipinski definition) is 4. The molecule has 1 aromatic carbocycles. The van der Waals surface area contributed by atoms with E-state index in [2.05, 4.69) is 28.8 Å². The van der Waals surface area contributed by atoms with Crippen LogP contribution < -0.4 is 10.0 Å². The molecule has 5 nitrogen and oxygen atoms in total. The van der Waals surface area contributed by atoms with Gasteiger partial charge in [0.05, 0.1) is 5.69 Å². The first-order valence-corrected chi connectivity index (χ1v) is 8.02. The number of benzene rings is 1. The van der Waals surface area contributed by atoms with Crippen molar-refractivity contribution >= 4 is 15.7 Å². The van der Waals surface area contributed by atoms with Crippen LogP contribution in [0.4, 0.5) is 5.69 Å². The van der Waals surface area contributed by atoms with E-state index in [1.165, 1.54) is 7.05 Å². The van der Waals surface area contributed by atoms with Crippen LogP contribution in [-0.2, 0) is 10.0 Å². The molecule has 0 aliphatic rings. The lowest BCUT2D eigenvalue weighted by atomic mass is 10.3. The Morgan fingerprint density at radius 1 is 1.16 bits per heavy atom. The van der Waals surface area contributed by atoms with Gasteiger partial charge in [0.1, 0.15) is 4.90 Å². The smallest absolute Gasteiger partial charge is 0.242 e. The van der Waals surface area contributed by atoms with Crippen LogP contribution in [0.2, 0.25) is 0 Å². The van der Waals surface area contributed by atoms with Crippen molar-refractivity contribution in [1.82, 2.24) is 9.62 Å². The number of nitrogens with zero attached hydrogens (tertiary/aromatic N) is 1. The van der Waals surface area contributed by atoms with Gasteiger partial charge in [-0.25, -0.2) is 13.1 Å². The van der Waals surface area contributed by atoms with Gasteiger partial charge >= 0.3 is 0 Å². The zero-order chi connectivity index (χ0) is 14.3. The fourth-order valence-electron chi connectivity index (χ4n) is 1.85. The SMILES string of the molecule is CCN(CC)CCNc1ccccc1S(=O)(=O)NC. The Morgan fingerprint density at radius 2 is 1.79 bits per heavy atom. The summed E-state index contributed by atoms with van der Waals surface area (Å²) in [6.45, 7) is 7.83. The van der Waals surface area contributed by atoms with E-state index in [1.54, 1.807) is 18.2 Å². The fourth-order valence-corrected chi connectivity index (χ4v) is 2.75. The molecule has 0 saturated carbocycles. The molecule has 6 heteroatoms. The van der Waals surface area contributed by atoms with Gasteiger partial charge in [0.25, 0.3) is 0 Å². The Bertz CT molecular complexity index is 484. The molecule has 1 aromatic rings. The van der Waals surface area contributed by atoms with Crippen molar-refractivity contribution in [1.29, 1.82) is 0 Å². The topological polar surface area (TPSA) is 61.4 Å². The van der Waals surface area contributed by atoms with Crippen molar-refractivity contribution in [2.24, 2.45) is 0 Å². The molecule has 0 atom stereocenters. The minimum absolute atomic E-state index is 0.289. The van der Waals surface area contributed by atoms with Crippen LogP contribution >= 0.6 is 0 Å². The second kappa shape index (κ2) is 7.47. The molecule has 2 N–H and O–H groups in total. The molecule has 0 saturated heterocycles. The van der Waals surface area contributed by atoms with Crippen molar-refractivity contribution < 1.29 is 8.42 Å². The summed E-state index contributed by atoms with van der Waals surface area (Å²) in [5.74, 6) is 0. The highest BCUT2D eigenvalue weighted by Crippen LogP contribution is 2.19. The van der Waals surface area contributed by atoms with Crippen molar-refractivity contribution in [3.63, 3.8) is 0 Å². The van der Waals surface area contributed by atoms with Gasteiger partial charge in [0, 0.05) is 13.1 Å². The Morgan fingerprint density at radius 3 is 2.37 bits per heavy atom. The van der Waals surface area contributed by atoms with E-state index in [-0.39, 0.29) is 4.90 Å². The van der Waals surface area contributed by atoms with Gasteiger partial charge in [-0.1, -0.05) is 26.0 Å². The van der Waals surface area contributed by atoms with Crippen LogP contribution in [0.5, 0.6) is 0 Å². The molecular weight excluding hydrogens is 262 g/mol. The minimum Gasteiger partial charge on any atom is -0.383 e. The zero-order valence-electron chi connectivity index (χ0n) is 11.8. The Hall–Kier alpha value is -1.11. The van der Waals surface area contributed by atoms with Crippen molar-refractivity contribution in [2.45, 2.75) is 18.7 Å². The summed E-state index contributed by atoms with van der Waals surface area (Å²) in [6.07, 6.45) is 0. The van der Waals surface area contributed by atoms with Crippen LogP contribution in [0.15, 0.2) is 29.2 Å². The van der Waals surface area contributed by atoms with Crippen LogP contribution in [0.3, 0.4) is 0 Å². The van der Waals surface area contributed by atoms with Crippen molar-refractivity contribution in [2.75, 3.05) is 38.5 Å². The molecule has 108 valence electrons. The molecule has 0 radical (unpaired) electrons. The molecule has 0 heterocycles. The largest absolute Gasteiger partial charge is 0.383 e. The summed E-state index contributed by atoms with van der Waals surface area (Å²) in [5.41, 5.74) is 0.643. The van der Waals surface area contributed by atoms with Gasteiger partial charge in [-0.2, -0.15) is 0 Å². The lowest BCUT2D eigenvalue weighted by molar-refractivity contribution is 0.316. The monoisotopic (exact) mass is 285 g/mol. The number of para-hydroxylation sites is 1. The molecule has 0 aromatic heterocycles. The van der Waals surface area contributed by atoms with Gasteiger partial charge in [0.15, 0.2) is 0 Å². The van der Waals surface area contributed by atoms with Gasteiger partial charge in [-0.3, -0.25) is 0 Å². The van der Waals surface area contributed by atoms with E-state index in [0.29, 0.717) is 5.69 Å². The van der Waals surface area contributed by atoms with E-state index in [4.69, 9.17) is 0 Å². The first-order valence-electron chi connectivity index (χ1n) is 6.54. The average molecular weight is 285 g/mol. The number of sulfonamides is 1. The van der Waals surface area contributed by atoms with E-state index >= 15 is 0 Å². The molecule has 1 rings (SSSR count). The van der Waals surface area contributed by atoms with E-state index in [1.807, 2.05) is 6.07 Å². The molecule has 0 spiro atoms. The lowest BCUT2D eigenvalue weighted by Gasteiger charge is -2.19. The molecule has 0 bridgehead atoms. The average Bonchev–Trinajstić information content (AvgIpc) is 2.44. The third-order valence-corrected chi connectivity index (χ3v) is 4.56.